The van der Waals surface area contributed by atoms with Crippen LogP contribution in [-0.4, -0.2) is 31.4 Å². The van der Waals surface area contributed by atoms with E-state index in [0.29, 0.717) is 29.7 Å². The van der Waals surface area contributed by atoms with E-state index in [4.69, 9.17) is 21.1 Å². The van der Waals surface area contributed by atoms with E-state index in [9.17, 15) is 4.79 Å². The highest BCUT2D eigenvalue weighted by Crippen LogP contribution is 2.28. The van der Waals surface area contributed by atoms with Crippen LogP contribution in [-0.2, 0) is 4.74 Å². The van der Waals surface area contributed by atoms with Crippen molar-refractivity contribution >= 4 is 23.3 Å². The maximum Gasteiger partial charge on any atom is 0.319 e. The zero-order valence-corrected chi connectivity index (χ0v) is 12.4. The molecule has 1 aliphatic heterocycles. The summed E-state index contributed by atoms with van der Waals surface area (Å²) in [5.41, 5.74) is 0.627. The Morgan fingerprint density at radius 3 is 2.90 bits per heavy atom. The Morgan fingerprint density at radius 2 is 2.30 bits per heavy atom. The zero-order valence-electron chi connectivity index (χ0n) is 11.6. The predicted molar refractivity (Wildman–Crippen MR) is 78.6 cm³/mol. The first-order valence-corrected chi connectivity index (χ1v) is 7.04. The lowest BCUT2D eigenvalue weighted by atomic mass is 10.2. The maximum atomic E-state index is 11.8. The summed E-state index contributed by atoms with van der Waals surface area (Å²) in [7, 11) is 0. The number of hydrogen-bond donors (Lipinski definition) is 2. The second-order valence-corrected chi connectivity index (χ2v) is 5.38. The molecule has 0 saturated carbocycles. The Hall–Kier alpha value is -1.46. The molecule has 1 heterocycles. The molecule has 1 aromatic carbocycles. The van der Waals surface area contributed by atoms with Crippen LogP contribution in [0.15, 0.2) is 18.2 Å². The van der Waals surface area contributed by atoms with E-state index in [1.165, 1.54) is 0 Å². The van der Waals surface area contributed by atoms with Crippen LogP contribution in [0.2, 0.25) is 5.02 Å². The predicted octanol–water partition coefficient (Wildman–Crippen LogP) is 3.04. The number of nitrogens with one attached hydrogen (secondary N) is 2. The summed E-state index contributed by atoms with van der Waals surface area (Å²) >= 11 is 6.11. The smallest absolute Gasteiger partial charge is 0.319 e. The highest BCUT2D eigenvalue weighted by Gasteiger charge is 2.17. The van der Waals surface area contributed by atoms with Crippen LogP contribution < -0.4 is 15.4 Å². The van der Waals surface area contributed by atoms with Gasteiger partial charge in [-0.15, -0.1) is 0 Å². The Labute approximate surface area is 123 Å². The molecule has 1 atom stereocenters. The van der Waals surface area contributed by atoms with Crippen LogP contribution >= 0.6 is 11.6 Å². The zero-order chi connectivity index (χ0) is 14.5. The van der Waals surface area contributed by atoms with Crippen molar-refractivity contribution in [1.29, 1.82) is 0 Å². The number of carbonyl (C=O) groups is 1. The molecule has 2 rings (SSSR count). The number of halogens is 1. The number of urea groups is 1. The van der Waals surface area contributed by atoms with E-state index in [1.807, 2.05) is 13.8 Å². The van der Waals surface area contributed by atoms with E-state index in [-0.39, 0.29) is 18.2 Å². The highest BCUT2D eigenvalue weighted by molar-refractivity contribution is 6.32. The molecule has 0 spiro atoms. The first-order valence-electron chi connectivity index (χ1n) is 6.66. The molecule has 0 radical (unpaired) electrons. The first-order chi connectivity index (χ1) is 9.54. The number of anilines is 1. The van der Waals surface area contributed by atoms with Crippen LogP contribution in [0.1, 0.15) is 20.3 Å². The van der Waals surface area contributed by atoms with Gasteiger partial charge in [0.1, 0.15) is 5.75 Å². The van der Waals surface area contributed by atoms with Gasteiger partial charge in [0, 0.05) is 12.3 Å². The van der Waals surface area contributed by atoms with Gasteiger partial charge in [0.2, 0.25) is 0 Å². The summed E-state index contributed by atoms with van der Waals surface area (Å²) in [6.45, 7) is 5.12. The van der Waals surface area contributed by atoms with Crippen molar-refractivity contribution < 1.29 is 14.3 Å². The molecule has 1 aliphatic rings. The Bertz CT molecular complexity index is 473. The minimum atomic E-state index is -0.255. The third kappa shape index (κ3) is 4.28. The average molecular weight is 299 g/mol. The Morgan fingerprint density at radius 1 is 1.50 bits per heavy atom. The quantitative estimate of drug-likeness (QED) is 0.898. The number of carbonyl (C=O) groups excluding carboxylic acids is 1. The average Bonchev–Trinajstić information content (AvgIpc) is 2.85. The van der Waals surface area contributed by atoms with E-state index >= 15 is 0 Å². The standard InChI is InChI=1S/C14H19ClN2O3/c1-9(2)20-13-4-3-10(7-12(13)15)16-14(18)17-11-5-6-19-8-11/h3-4,7,9,11H,5-6,8H2,1-2H3,(H2,16,17,18). The molecular formula is C14H19ClN2O3. The van der Waals surface area contributed by atoms with E-state index in [2.05, 4.69) is 10.6 Å². The second-order valence-electron chi connectivity index (χ2n) is 4.97. The molecule has 1 aromatic rings. The summed E-state index contributed by atoms with van der Waals surface area (Å²) in [6.07, 6.45) is 0.895. The Kier molecular flexibility index (Phi) is 5.09. The summed E-state index contributed by atoms with van der Waals surface area (Å²) < 4.78 is 10.7. The molecule has 0 aromatic heterocycles. The molecule has 1 saturated heterocycles. The fourth-order valence-electron chi connectivity index (χ4n) is 1.93. The van der Waals surface area contributed by atoms with Crippen LogP contribution in [0.3, 0.4) is 0 Å². The highest BCUT2D eigenvalue weighted by atomic mass is 35.5. The lowest BCUT2D eigenvalue weighted by molar-refractivity contribution is 0.189. The van der Waals surface area contributed by atoms with Gasteiger partial charge in [-0.05, 0) is 38.5 Å². The molecular weight excluding hydrogens is 280 g/mol. The molecule has 0 aliphatic carbocycles. The number of hydrogen-bond acceptors (Lipinski definition) is 3. The largest absolute Gasteiger partial charge is 0.489 e. The van der Waals surface area contributed by atoms with Crippen LogP contribution in [0.25, 0.3) is 0 Å². The fraction of sp³-hybridized carbons (Fsp3) is 0.500. The van der Waals surface area contributed by atoms with E-state index in [1.54, 1.807) is 18.2 Å². The minimum absolute atomic E-state index is 0.0528. The van der Waals surface area contributed by atoms with Crippen molar-refractivity contribution in [2.75, 3.05) is 18.5 Å². The van der Waals surface area contributed by atoms with Crippen molar-refractivity contribution in [2.45, 2.75) is 32.4 Å². The van der Waals surface area contributed by atoms with Gasteiger partial charge in [0.05, 0.1) is 23.8 Å². The summed E-state index contributed by atoms with van der Waals surface area (Å²) in [4.78, 5) is 11.8. The monoisotopic (exact) mass is 298 g/mol. The number of benzene rings is 1. The second kappa shape index (κ2) is 6.81. The minimum Gasteiger partial charge on any atom is -0.489 e. The van der Waals surface area contributed by atoms with Gasteiger partial charge >= 0.3 is 6.03 Å². The van der Waals surface area contributed by atoms with Crippen LogP contribution in [0.5, 0.6) is 5.75 Å². The number of rotatable bonds is 4. The van der Waals surface area contributed by atoms with Crippen molar-refractivity contribution in [3.63, 3.8) is 0 Å². The molecule has 1 unspecified atom stereocenters. The van der Waals surface area contributed by atoms with Crippen molar-refractivity contribution in [3.05, 3.63) is 23.2 Å². The molecule has 2 N–H and O–H groups in total. The molecule has 2 amide bonds. The van der Waals surface area contributed by atoms with E-state index < -0.39 is 0 Å². The van der Waals surface area contributed by atoms with Gasteiger partial charge in [-0.2, -0.15) is 0 Å². The molecule has 20 heavy (non-hydrogen) atoms. The number of amides is 2. The Balaban J connectivity index is 1.92. The molecule has 1 fully saturated rings. The third-order valence-corrected chi connectivity index (χ3v) is 3.11. The van der Waals surface area contributed by atoms with Gasteiger partial charge in [-0.3, -0.25) is 0 Å². The lowest BCUT2D eigenvalue weighted by Crippen LogP contribution is -2.38. The normalized spacial score (nSPS) is 18.1. The molecule has 5 nitrogen and oxygen atoms in total. The van der Waals surface area contributed by atoms with Gasteiger partial charge in [0.25, 0.3) is 0 Å². The van der Waals surface area contributed by atoms with Crippen molar-refractivity contribution in [3.8, 4) is 5.75 Å². The first kappa shape index (κ1) is 14.9. The summed E-state index contributed by atoms with van der Waals surface area (Å²) in [6, 6.07) is 5.00. The molecule has 0 bridgehead atoms. The van der Waals surface area contributed by atoms with Gasteiger partial charge < -0.3 is 20.1 Å². The van der Waals surface area contributed by atoms with Crippen LogP contribution in [0.4, 0.5) is 10.5 Å². The van der Waals surface area contributed by atoms with Crippen LogP contribution in [0, 0.1) is 0 Å². The lowest BCUT2D eigenvalue weighted by Gasteiger charge is -2.14. The van der Waals surface area contributed by atoms with Gasteiger partial charge in [-0.25, -0.2) is 4.79 Å². The van der Waals surface area contributed by atoms with Crippen molar-refractivity contribution in [1.82, 2.24) is 5.32 Å². The third-order valence-electron chi connectivity index (χ3n) is 2.82. The SMILES string of the molecule is CC(C)Oc1ccc(NC(=O)NC2CCOC2)cc1Cl. The number of ether oxygens (including phenoxy) is 2. The molecule has 6 heteroatoms. The fourth-order valence-corrected chi connectivity index (χ4v) is 2.15. The topological polar surface area (TPSA) is 59.6 Å². The van der Waals surface area contributed by atoms with Crippen molar-refractivity contribution in [2.24, 2.45) is 0 Å². The maximum absolute atomic E-state index is 11.8. The summed E-state index contributed by atoms with van der Waals surface area (Å²) in [5.74, 6) is 0.608. The summed E-state index contributed by atoms with van der Waals surface area (Å²) in [5, 5.41) is 6.06. The van der Waals surface area contributed by atoms with Gasteiger partial charge in [-0.1, -0.05) is 11.6 Å². The van der Waals surface area contributed by atoms with Gasteiger partial charge in [0.15, 0.2) is 0 Å². The molecule has 110 valence electrons. The van der Waals surface area contributed by atoms with E-state index in [0.717, 1.165) is 6.42 Å².